The Balaban J connectivity index is 1.36. The first kappa shape index (κ1) is 19.6. The number of anilines is 1. The molecule has 4 nitrogen and oxygen atoms in total. The molecular formula is C22H23F3N4. The summed E-state index contributed by atoms with van der Waals surface area (Å²) in [4.78, 5) is 10.6. The Morgan fingerprint density at radius 3 is 2.48 bits per heavy atom. The van der Waals surface area contributed by atoms with Crippen LogP contribution in [0.1, 0.15) is 24.1 Å². The second-order valence-corrected chi connectivity index (χ2v) is 7.42. The minimum atomic E-state index is -4.45. The Bertz CT molecular complexity index is 951. The maximum Gasteiger partial charge on any atom is 0.433 e. The fourth-order valence-electron chi connectivity index (χ4n) is 3.75. The molecule has 0 bridgehead atoms. The van der Waals surface area contributed by atoms with Crippen LogP contribution in [0.3, 0.4) is 0 Å². The van der Waals surface area contributed by atoms with Crippen molar-refractivity contribution >= 4 is 16.7 Å². The molecule has 0 atom stereocenters. The third kappa shape index (κ3) is 4.85. The fourth-order valence-corrected chi connectivity index (χ4v) is 3.75. The molecule has 1 aliphatic rings. The maximum atomic E-state index is 12.9. The summed E-state index contributed by atoms with van der Waals surface area (Å²) in [5, 5.41) is 4.03. The number of halogens is 3. The van der Waals surface area contributed by atoms with E-state index in [0.29, 0.717) is 16.7 Å². The van der Waals surface area contributed by atoms with E-state index in [2.05, 4.69) is 44.5 Å². The molecular weight excluding hydrogens is 377 g/mol. The summed E-state index contributed by atoms with van der Waals surface area (Å²) in [5.41, 5.74) is 0.768. The zero-order valence-corrected chi connectivity index (χ0v) is 16.0. The van der Waals surface area contributed by atoms with Crippen molar-refractivity contribution < 1.29 is 13.2 Å². The summed E-state index contributed by atoms with van der Waals surface area (Å²) >= 11 is 0. The van der Waals surface area contributed by atoms with Crippen LogP contribution in [0.15, 0.2) is 54.7 Å². The molecule has 0 aliphatic carbocycles. The van der Waals surface area contributed by atoms with Crippen molar-refractivity contribution in [2.24, 2.45) is 0 Å². The average Bonchev–Trinajstić information content (AvgIpc) is 2.73. The third-order valence-corrected chi connectivity index (χ3v) is 5.39. The van der Waals surface area contributed by atoms with Gasteiger partial charge in [0.15, 0.2) is 0 Å². The minimum absolute atomic E-state index is 0.253. The molecule has 1 saturated heterocycles. The van der Waals surface area contributed by atoms with Crippen molar-refractivity contribution in [3.05, 3.63) is 66.0 Å². The molecule has 0 spiro atoms. The van der Waals surface area contributed by atoms with Gasteiger partial charge in [-0.3, -0.25) is 0 Å². The van der Waals surface area contributed by atoms with Crippen LogP contribution < -0.4 is 5.32 Å². The van der Waals surface area contributed by atoms with E-state index in [1.165, 1.54) is 23.9 Å². The van der Waals surface area contributed by atoms with Crippen LogP contribution in [0.2, 0.25) is 0 Å². The number of aromatic nitrogens is 2. The fraction of sp³-hybridized carbons (Fsp3) is 0.364. The highest BCUT2D eigenvalue weighted by Crippen LogP contribution is 2.30. The molecule has 2 aromatic heterocycles. The second-order valence-electron chi connectivity index (χ2n) is 7.42. The van der Waals surface area contributed by atoms with Crippen LogP contribution in [0.25, 0.3) is 10.9 Å². The number of hydrogen-bond donors (Lipinski definition) is 1. The Morgan fingerprint density at radius 2 is 1.76 bits per heavy atom. The van der Waals surface area contributed by atoms with Gasteiger partial charge in [-0.05, 0) is 43.0 Å². The number of fused-ring (bicyclic) bond motifs is 1. The van der Waals surface area contributed by atoms with Crippen LogP contribution in [0, 0.1) is 0 Å². The number of pyridine rings is 2. The van der Waals surface area contributed by atoms with Gasteiger partial charge in [0.25, 0.3) is 0 Å². The highest BCUT2D eigenvalue weighted by Gasteiger charge is 2.32. The largest absolute Gasteiger partial charge is 0.433 e. The van der Waals surface area contributed by atoms with Gasteiger partial charge in [0.2, 0.25) is 0 Å². The van der Waals surface area contributed by atoms with Crippen LogP contribution in [-0.4, -0.2) is 40.5 Å². The number of nitrogens with zero attached hydrogens (tertiary/aromatic N) is 3. The number of nitrogens with one attached hydrogen (secondary N) is 1. The van der Waals surface area contributed by atoms with Crippen LogP contribution in [0.5, 0.6) is 0 Å². The highest BCUT2D eigenvalue weighted by atomic mass is 19.4. The van der Waals surface area contributed by atoms with E-state index in [9.17, 15) is 13.2 Å². The van der Waals surface area contributed by atoms with E-state index < -0.39 is 11.9 Å². The number of likely N-dealkylation sites (tertiary alicyclic amines) is 1. The van der Waals surface area contributed by atoms with E-state index >= 15 is 0 Å². The van der Waals surface area contributed by atoms with Crippen molar-refractivity contribution in [2.75, 3.05) is 25.0 Å². The summed E-state index contributed by atoms with van der Waals surface area (Å²) in [7, 11) is 0. The van der Waals surface area contributed by atoms with Gasteiger partial charge in [0.1, 0.15) is 11.5 Å². The molecule has 0 saturated carbocycles. The average molecular weight is 400 g/mol. The van der Waals surface area contributed by atoms with Gasteiger partial charge >= 0.3 is 6.18 Å². The molecule has 29 heavy (non-hydrogen) atoms. The SMILES string of the molecule is FC(F)(F)c1ccc2c(NC3CCN(CCc4ccccc4)CC3)nccc2n1. The Morgan fingerprint density at radius 1 is 1.00 bits per heavy atom. The lowest BCUT2D eigenvalue weighted by atomic mass is 10.0. The third-order valence-electron chi connectivity index (χ3n) is 5.39. The number of rotatable bonds is 5. The first-order chi connectivity index (χ1) is 14.0. The van der Waals surface area contributed by atoms with E-state index in [1.54, 1.807) is 0 Å². The Labute approximate surface area is 167 Å². The molecule has 1 aliphatic heterocycles. The van der Waals surface area contributed by atoms with Gasteiger partial charge in [-0.15, -0.1) is 0 Å². The van der Waals surface area contributed by atoms with E-state index in [1.807, 2.05) is 6.07 Å². The summed E-state index contributed by atoms with van der Waals surface area (Å²) in [6.45, 7) is 3.02. The van der Waals surface area contributed by atoms with Crippen molar-refractivity contribution in [2.45, 2.75) is 31.5 Å². The Hall–Kier alpha value is -2.67. The van der Waals surface area contributed by atoms with E-state index in [-0.39, 0.29) is 6.04 Å². The zero-order valence-electron chi connectivity index (χ0n) is 16.0. The number of benzene rings is 1. The summed E-state index contributed by atoms with van der Waals surface area (Å²) < 4.78 is 38.7. The summed E-state index contributed by atoms with van der Waals surface area (Å²) in [5.74, 6) is 0.603. The molecule has 1 fully saturated rings. The molecule has 152 valence electrons. The maximum absolute atomic E-state index is 12.9. The van der Waals surface area contributed by atoms with Crippen LogP contribution in [-0.2, 0) is 12.6 Å². The van der Waals surface area contributed by atoms with Gasteiger partial charge in [-0.2, -0.15) is 13.2 Å². The molecule has 7 heteroatoms. The zero-order chi connectivity index (χ0) is 20.3. The van der Waals surface area contributed by atoms with E-state index in [0.717, 1.165) is 45.0 Å². The van der Waals surface area contributed by atoms with Crippen molar-refractivity contribution in [3.63, 3.8) is 0 Å². The van der Waals surface area contributed by atoms with Gasteiger partial charge in [-0.25, -0.2) is 9.97 Å². The van der Waals surface area contributed by atoms with Crippen LogP contribution in [0.4, 0.5) is 19.0 Å². The quantitative estimate of drug-likeness (QED) is 0.670. The monoisotopic (exact) mass is 400 g/mol. The first-order valence-electron chi connectivity index (χ1n) is 9.85. The van der Waals surface area contributed by atoms with Gasteiger partial charge in [0.05, 0.1) is 5.52 Å². The smallest absolute Gasteiger partial charge is 0.367 e. The van der Waals surface area contributed by atoms with Gasteiger partial charge in [-0.1, -0.05) is 30.3 Å². The predicted molar refractivity (Wildman–Crippen MR) is 108 cm³/mol. The first-order valence-corrected chi connectivity index (χ1v) is 9.85. The Kier molecular flexibility index (Phi) is 5.67. The molecule has 3 aromatic rings. The van der Waals surface area contributed by atoms with Crippen molar-refractivity contribution in [3.8, 4) is 0 Å². The normalized spacial score (nSPS) is 16.2. The predicted octanol–water partition coefficient (Wildman–Crippen LogP) is 4.77. The standard InChI is InChI=1S/C22H23F3N4/c23-22(24,25)20-7-6-18-19(28-20)8-12-26-21(18)27-17-10-14-29(15-11-17)13-9-16-4-2-1-3-5-16/h1-8,12,17H,9-11,13-15H2,(H,26,27). The lowest BCUT2D eigenvalue weighted by Gasteiger charge is -2.32. The molecule has 0 radical (unpaired) electrons. The highest BCUT2D eigenvalue weighted by molar-refractivity contribution is 5.89. The van der Waals surface area contributed by atoms with Gasteiger partial charge < -0.3 is 10.2 Å². The van der Waals surface area contributed by atoms with E-state index in [4.69, 9.17) is 0 Å². The number of hydrogen-bond acceptors (Lipinski definition) is 4. The second kappa shape index (κ2) is 8.37. The molecule has 0 amide bonds. The van der Waals surface area contributed by atoms with Crippen molar-refractivity contribution in [1.82, 2.24) is 14.9 Å². The molecule has 1 N–H and O–H groups in total. The minimum Gasteiger partial charge on any atom is -0.367 e. The lowest BCUT2D eigenvalue weighted by Crippen LogP contribution is -2.40. The summed E-state index contributed by atoms with van der Waals surface area (Å²) in [6.07, 6.45) is 0.0449. The van der Waals surface area contributed by atoms with Crippen molar-refractivity contribution in [1.29, 1.82) is 0 Å². The molecule has 1 aromatic carbocycles. The number of alkyl halides is 3. The topological polar surface area (TPSA) is 41.0 Å². The molecule has 4 rings (SSSR count). The lowest BCUT2D eigenvalue weighted by molar-refractivity contribution is -0.140. The molecule has 3 heterocycles. The number of piperidine rings is 1. The molecule has 0 unspecified atom stereocenters. The van der Waals surface area contributed by atoms with Gasteiger partial charge in [0, 0.05) is 37.3 Å². The summed E-state index contributed by atoms with van der Waals surface area (Å²) in [6, 6.07) is 14.7. The van der Waals surface area contributed by atoms with Crippen LogP contribution >= 0.6 is 0 Å².